The summed E-state index contributed by atoms with van der Waals surface area (Å²) in [4.78, 5) is 2.54. The third-order valence-electron chi connectivity index (χ3n) is 16.1. The molecule has 6 aliphatic rings. The van der Waals surface area contributed by atoms with Gasteiger partial charge in [0.1, 0.15) is 0 Å². The number of nitrogens with zero attached hydrogens (tertiary/aromatic N) is 1. The van der Waals surface area contributed by atoms with E-state index in [1.807, 2.05) is 0 Å². The fourth-order valence-corrected chi connectivity index (χ4v) is 13.5. The van der Waals surface area contributed by atoms with Gasteiger partial charge >= 0.3 is 0 Å². The molecule has 0 radical (unpaired) electrons. The highest BCUT2D eigenvalue weighted by Gasteiger charge is 2.66. The molecule has 7 aromatic rings. The Balaban J connectivity index is 0.988. The molecule has 13 rings (SSSR count). The minimum absolute atomic E-state index is 0.0532. The Bertz CT molecular complexity index is 2760. The predicted octanol–water partition coefficient (Wildman–Crippen LogP) is 15.3. The standard InChI is InChI=1S/C57H53N/c1-55(2)29-30-56(3,4)54-50(55)17-10-18-52(54)58(44-25-21-38(22-26-44)41-20-19-37-11-5-6-12-40(37)34-41)45-27-23-39(24-28-45)46-14-9-16-49-53(46)47-13-7-8-15-48(47)57(49)43-32-36-31-42(35-43)51(57)33-36/h5-28,34,36,42-43,51H,29-33,35H2,1-4H3. The van der Waals surface area contributed by atoms with Crippen LogP contribution in [0.3, 0.4) is 0 Å². The van der Waals surface area contributed by atoms with Crippen molar-refractivity contribution in [1.29, 1.82) is 0 Å². The second-order valence-corrected chi connectivity index (χ2v) is 20.0. The van der Waals surface area contributed by atoms with Gasteiger partial charge in [-0.1, -0.05) is 143 Å². The van der Waals surface area contributed by atoms with E-state index in [9.17, 15) is 0 Å². The van der Waals surface area contributed by atoms with Crippen LogP contribution in [0.2, 0.25) is 0 Å². The van der Waals surface area contributed by atoms with E-state index in [-0.39, 0.29) is 16.2 Å². The van der Waals surface area contributed by atoms with Crippen LogP contribution in [-0.2, 0) is 16.2 Å². The van der Waals surface area contributed by atoms with Crippen molar-refractivity contribution in [2.24, 2.45) is 23.7 Å². The second kappa shape index (κ2) is 12.3. The molecule has 1 heteroatoms. The number of fused-ring (bicyclic) bond motifs is 5. The van der Waals surface area contributed by atoms with Crippen molar-refractivity contribution >= 4 is 27.8 Å². The maximum Gasteiger partial charge on any atom is 0.0502 e. The van der Waals surface area contributed by atoms with Crippen molar-refractivity contribution in [3.05, 3.63) is 174 Å². The lowest BCUT2D eigenvalue weighted by molar-refractivity contribution is 0.191. The average molecular weight is 752 g/mol. The van der Waals surface area contributed by atoms with E-state index in [1.54, 1.807) is 11.1 Å². The molecule has 0 amide bonds. The van der Waals surface area contributed by atoms with Gasteiger partial charge in [0.05, 0.1) is 5.69 Å². The van der Waals surface area contributed by atoms with Gasteiger partial charge in [-0.2, -0.15) is 0 Å². The van der Waals surface area contributed by atoms with Crippen molar-refractivity contribution < 1.29 is 0 Å². The van der Waals surface area contributed by atoms with Gasteiger partial charge in [-0.3, -0.25) is 0 Å². The number of anilines is 3. The molecule has 0 heterocycles. The zero-order valence-electron chi connectivity index (χ0n) is 34.4. The Morgan fingerprint density at radius 2 is 1.12 bits per heavy atom. The number of hydrogen-bond acceptors (Lipinski definition) is 1. The molecule has 4 fully saturated rings. The largest absolute Gasteiger partial charge is 0.310 e. The monoisotopic (exact) mass is 751 g/mol. The Morgan fingerprint density at radius 3 is 1.91 bits per heavy atom. The maximum absolute atomic E-state index is 2.54. The smallest absolute Gasteiger partial charge is 0.0502 e. The van der Waals surface area contributed by atoms with Crippen molar-refractivity contribution in [1.82, 2.24) is 0 Å². The average Bonchev–Trinajstić information content (AvgIpc) is 3.80. The van der Waals surface area contributed by atoms with Gasteiger partial charge < -0.3 is 4.90 Å². The van der Waals surface area contributed by atoms with E-state index in [2.05, 4.69) is 184 Å². The summed E-state index contributed by atoms with van der Waals surface area (Å²) in [6.45, 7) is 9.78. The normalized spacial score (nSPS) is 25.2. The molecule has 6 aliphatic carbocycles. The summed E-state index contributed by atoms with van der Waals surface area (Å²) in [5, 5.41) is 2.55. The van der Waals surface area contributed by atoms with Crippen LogP contribution in [0, 0.1) is 23.7 Å². The molecule has 0 aromatic heterocycles. The topological polar surface area (TPSA) is 3.24 Å². The highest BCUT2D eigenvalue weighted by Crippen LogP contribution is 2.73. The molecule has 7 aromatic carbocycles. The van der Waals surface area contributed by atoms with Crippen LogP contribution in [-0.4, -0.2) is 0 Å². The SMILES string of the molecule is CC1(C)CCC(C)(C)c2c(N(c3ccc(-c4ccc5ccccc5c4)cc3)c3ccc(-c4cccc5c4-c4ccccc4C54C5CC6CC(C5)C4C6)cc3)cccc21. The molecule has 1 spiro atoms. The molecule has 4 saturated carbocycles. The zero-order valence-corrected chi connectivity index (χ0v) is 34.4. The molecular weight excluding hydrogens is 699 g/mol. The predicted molar refractivity (Wildman–Crippen MR) is 243 cm³/mol. The third-order valence-corrected chi connectivity index (χ3v) is 16.1. The van der Waals surface area contributed by atoms with Crippen LogP contribution in [0.5, 0.6) is 0 Å². The molecule has 0 N–H and O–H groups in total. The Labute approximate surface area is 344 Å². The molecule has 4 bridgehead atoms. The molecular formula is C57H53N. The van der Waals surface area contributed by atoms with E-state index in [0.29, 0.717) is 0 Å². The minimum Gasteiger partial charge on any atom is -0.310 e. The van der Waals surface area contributed by atoms with Crippen molar-refractivity contribution in [2.75, 3.05) is 4.90 Å². The van der Waals surface area contributed by atoms with Crippen molar-refractivity contribution in [2.45, 2.75) is 82.5 Å². The summed E-state index contributed by atoms with van der Waals surface area (Å²) >= 11 is 0. The van der Waals surface area contributed by atoms with E-state index in [0.717, 1.165) is 23.7 Å². The van der Waals surface area contributed by atoms with Crippen LogP contribution in [0.1, 0.15) is 88.5 Å². The van der Waals surface area contributed by atoms with Crippen molar-refractivity contribution in [3.63, 3.8) is 0 Å². The first-order chi connectivity index (χ1) is 28.2. The lowest BCUT2D eigenvalue weighted by Crippen LogP contribution is -2.40. The zero-order chi connectivity index (χ0) is 39.0. The molecule has 0 saturated heterocycles. The number of benzene rings is 7. The van der Waals surface area contributed by atoms with E-state index < -0.39 is 0 Å². The lowest BCUT2D eigenvalue weighted by atomic mass is 9.59. The number of rotatable bonds is 5. The second-order valence-electron chi connectivity index (χ2n) is 20.0. The minimum atomic E-state index is 0.0532. The summed E-state index contributed by atoms with van der Waals surface area (Å²) in [5.41, 5.74) is 18.4. The first kappa shape index (κ1) is 34.6. The highest BCUT2D eigenvalue weighted by atomic mass is 15.1. The molecule has 5 unspecified atom stereocenters. The summed E-state index contributed by atoms with van der Waals surface area (Å²) in [6.07, 6.45) is 8.08. The Morgan fingerprint density at radius 1 is 0.483 bits per heavy atom. The molecule has 0 aliphatic heterocycles. The van der Waals surface area contributed by atoms with E-state index >= 15 is 0 Å². The summed E-state index contributed by atoms with van der Waals surface area (Å²) in [7, 11) is 0. The van der Waals surface area contributed by atoms with Gasteiger partial charge in [-0.25, -0.2) is 0 Å². The molecule has 286 valence electrons. The van der Waals surface area contributed by atoms with E-state index in [4.69, 9.17) is 0 Å². The van der Waals surface area contributed by atoms with Crippen LogP contribution in [0.15, 0.2) is 152 Å². The van der Waals surface area contributed by atoms with Gasteiger partial charge in [-0.05, 0) is 176 Å². The van der Waals surface area contributed by atoms with Gasteiger partial charge in [0.15, 0.2) is 0 Å². The van der Waals surface area contributed by atoms with Crippen LogP contribution in [0.4, 0.5) is 17.1 Å². The summed E-state index contributed by atoms with van der Waals surface area (Å²) in [6, 6.07) is 58.3. The first-order valence-electron chi connectivity index (χ1n) is 22.1. The Hall–Kier alpha value is -5.40. The van der Waals surface area contributed by atoms with Crippen molar-refractivity contribution in [3.8, 4) is 33.4 Å². The maximum atomic E-state index is 2.54. The molecule has 1 nitrogen and oxygen atoms in total. The van der Waals surface area contributed by atoms with E-state index in [1.165, 1.54) is 111 Å². The van der Waals surface area contributed by atoms with Crippen LogP contribution >= 0.6 is 0 Å². The highest BCUT2D eigenvalue weighted by molar-refractivity contribution is 5.94. The van der Waals surface area contributed by atoms with Gasteiger partial charge in [0.2, 0.25) is 0 Å². The Kier molecular flexibility index (Phi) is 7.35. The quantitative estimate of drug-likeness (QED) is 0.169. The number of hydrogen-bond donors (Lipinski definition) is 0. The molecule has 58 heavy (non-hydrogen) atoms. The summed E-state index contributed by atoms with van der Waals surface area (Å²) < 4.78 is 0. The van der Waals surface area contributed by atoms with Crippen LogP contribution < -0.4 is 4.90 Å². The third kappa shape index (κ3) is 4.83. The fourth-order valence-electron chi connectivity index (χ4n) is 13.5. The van der Waals surface area contributed by atoms with Crippen LogP contribution in [0.25, 0.3) is 44.2 Å². The summed E-state index contributed by atoms with van der Waals surface area (Å²) in [5.74, 6) is 3.43. The first-order valence-corrected chi connectivity index (χ1v) is 22.1. The fraction of sp³-hybridized carbons (Fsp3) is 0.298. The van der Waals surface area contributed by atoms with Gasteiger partial charge in [0.25, 0.3) is 0 Å². The van der Waals surface area contributed by atoms with Gasteiger partial charge in [-0.15, -0.1) is 0 Å². The lowest BCUT2D eigenvalue weighted by Gasteiger charge is -2.44. The van der Waals surface area contributed by atoms with Gasteiger partial charge in [0, 0.05) is 16.8 Å². The molecule has 5 atom stereocenters.